The summed E-state index contributed by atoms with van der Waals surface area (Å²) in [6.45, 7) is 2.75. The standard InChI is InChI=1S/C15H23NO4S/c1-2-13-7-6-12(11-17)9-15(13)21(18,19)16-10-14-5-3-4-8-20-14/h6-7,9,14,16-17H,2-5,8,10-11H2,1H3. The average Bonchev–Trinajstić information content (AvgIpc) is 2.53. The number of ether oxygens (including phenoxy) is 1. The van der Waals surface area contributed by atoms with Crippen LogP contribution in [0.4, 0.5) is 0 Å². The van der Waals surface area contributed by atoms with Crippen molar-refractivity contribution >= 4 is 10.0 Å². The number of aliphatic hydroxyl groups excluding tert-OH is 1. The molecule has 0 aliphatic carbocycles. The van der Waals surface area contributed by atoms with Gasteiger partial charge in [-0.3, -0.25) is 0 Å². The quantitative estimate of drug-likeness (QED) is 0.836. The molecule has 0 aromatic heterocycles. The lowest BCUT2D eigenvalue weighted by atomic mass is 10.1. The SMILES string of the molecule is CCc1ccc(CO)cc1S(=O)(=O)NCC1CCCCO1. The number of hydrogen-bond acceptors (Lipinski definition) is 4. The Balaban J connectivity index is 2.14. The van der Waals surface area contributed by atoms with Crippen LogP contribution >= 0.6 is 0 Å². The third kappa shape index (κ3) is 4.26. The molecule has 0 bridgehead atoms. The minimum atomic E-state index is -3.58. The van der Waals surface area contributed by atoms with Crippen molar-refractivity contribution in [2.75, 3.05) is 13.2 Å². The normalized spacial score (nSPS) is 19.6. The Hall–Kier alpha value is -0.950. The minimum Gasteiger partial charge on any atom is -0.392 e. The summed E-state index contributed by atoms with van der Waals surface area (Å²) in [6.07, 6.45) is 3.59. The van der Waals surface area contributed by atoms with Gasteiger partial charge in [0.25, 0.3) is 0 Å². The Morgan fingerprint density at radius 3 is 2.81 bits per heavy atom. The molecule has 1 aromatic rings. The summed E-state index contributed by atoms with van der Waals surface area (Å²) >= 11 is 0. The van der Waals surface area contributed by atoms with Crippen LogP contribution in [0.15, 0.2) is 23.1 Å². The molecule has 1 aliphatic heterocycles. The fourth-order valence-corrected chi connectivity index (χ4v) is 3.91. The third-order valence-electron chi connectivity index (χ3n) is 3.76. The molecule has 1 fully saturated rings. The van der Waals surface area contributed by atoms with Gasteiger partial charge in [0, 0.05) is 13.2 Å². The summed E-state index contributed by atoms with van der Waals surface area (Å²) in [6, 6.07) is 5.06. The first-order chi connectivity index (χ1) is 10.1. The molecule has 1 aliphatic rings. The van der Waals surface area contributed by atoms with Crippen LogP contribution in [-0.4, -0.2) is 32.8 Å². The van der Waals surface area contributed by atoms with Crippen molar-refractivity contribution in [2.45, 2.75) is 50.2 Å². The van der Waals surface area contributed by atoms with Crippen LogP contribution in [0, 0.1) is 0 Å². The van der Waals surface area contributed by atoms with E-state index in [-0.39, 0.29) is 17.6 Å². The van der Waals surface area contributed by atoms with Gasteiger partial charge in [-0.15, -0.1) is 0 Å². The van der Waals surface area contributed by atoms with Crippen LogP contribution < -0.4 is 4.72 Å². The van der Waals surface area contributed by atoms with Crippen molar-refractivity contribution in [1.82, 2.24) is 4.72 Å². The van der Waals surface area contributed by atoms with Crippen molar-refractivity contribution in [3.05, 3.63) is 29.3 Å². The highest BCUT2D eigenvalue weighted by molar-refractivity contribution is 7.89. The Morgan fingerprint density at radius 1 is 1.38 bits per heavy atom. The average molecular weight is 313 g/mol. The second kappa shape index (κ2) is 7.35. The van der Waals surface area contributed by atoms with Gasteiger partial charge in [0.15, 0.2) is 0 Å². The summed E-state index contributed by atoms with van der Waals surface area (Å²) < 4.78 is 33.1. The van der Waals surface area contributed by atoms with Crippen molar-refractivity contribution in [3.8, 4) is 0 Å². The van der Waals surface area contributed by atoms with Crippen LogP contribution in [0.5, 0.6) is 0 Å². The largest absolute Gasteiger partial charge is 0.392 e. The highest BCUT2D eigenvalue weighted by Gasteiger charge is 2.21. The molecule has 1 saturated heterocycles. The molecule has 0 saturated carbocycles. The van der Waals surface area contributed by atoms with Gasteiger partial charge in [0.1, 0.15) is 0 Å². The van der Waals surface area contributed by atoms with E-state index in [9.17, 15) is 13.5 Å². The minimum absolute atomic E-state index is 0.0420. The van der Waals surface area contributed by atoms with Crippen molar-refractivity contribution in [1.29, 1.82) is 0 Å². The number of rotatable bonds is 6. The Morgan fingerprint density at radius 2 is 2.19 bits per heavy atom. The molecular weight excluding hydrogens is 290 g/mol. The number of nitrogens with one attached hydrogen (secondary N) is 1. The van der Waals surface area contributed by atoms with Crippen LogP contribution in [0.1, 0.15) is 37.3 Å². The molecule has 1 aromatic carbocycles. The first kappa shape index (κ1) is 16.4. The lowest BCUT2D eigenvalue weighted by Gasteiger charge is -2.23. The van der Waals surface area contributed by atoms with E-state index in [4.69, 9.17) is 4.74 Å². The Bertz CT molecular complexity index is 565. The lowest BCUT2D eigenvalue weighted by Crippen LogP contribution is -2.35. The summed E-state index contributed by atoms with van der Waals surface area (Å²) in [5.74, 6) is 0. The third-order valence-corrected chi connectivity index (χ3v) is 5.27. The van der Waals surface area contributed by atoms with Crippen LogP contribution in [0.25, 0.3) is 0 Å². The zero-order valence-electron chi connectivity index (χ0n) is 12.3. The molecule has 1 heterocycles. The molecule has 0 radical (unpaired) electrons. The molecular formula is C15H23NO4S. The van der Waals surface area contributed by atoms with E-state index >= 15 is 0 Å². The maximum absolute atomic E-state index is 12.5. The van der Waals surface area contributed by atoms with Crippen molar-refractivity contribution in [3.63, 3.8) is 0 Å². The Kier molecular flexibility index (Phi) is 5.75. The molecule has 2 rings (SSSR count). The number of sulfonamides is 1. The van der Waals surface area contributed by atoms with E-state index in [0.717, 1.165) is 24.8 Å². The molecule has 5 nitrogen and oxygen atoms in total. The summed E-state index contributed by atoms with van der Waals surface area (Å²) in [4.78, 5) is 0.257. The number of aryl methyl sites for hydroxylation is 1. The zero-order valence-corrected chi connectivity index (χ0v) is 13.2. The van der Waals surface area contributed by atoms with Crippen LogP contribution in [-0.2, 0) is 27.8 Å². The van der Waals surface area contributed by atoms with Crippen LogP contribution in [0.3, 0.4) is 0 Å². The Labute approximate surface area is 126 Å². The van der Waals surface area contributed by atoms with E-state index in [1.807, 2.05) is 6.92 Å². The van der Waals surface area contributed by atoms with Crippen molar-refractivity contribution in [2.24, 2.45) is 0 Å². The topological polar surface area (TPSA) is 75.6 Å². The monoisotopic (exact) mass is 313 g/mol. The maximum Gasteiger partial charge on any atom is 0.240 e. The van der Waals surface area contributed by atoms with E-state index < -0.39 is 10.0 Å². The van der Waals surface area contributed by atoms with Gasteiger partial charge in [-0.1, -0.05) is 19.1 Å². The second-order valence-electron chi connectivity index (χ2n) is 5.29. The number of benzene rings is 1. The van der Waals surface area contributed by atoms with Gasteiger partial charge < -0.3 is 9.84 Å². The van der Waals surface area contributed by atoms with Gasteiger partial charge in [0.2, 0.25) is 10.0 Å². The molecule has 1 unspecified atom stereocenters. The van der Waals surface area contributed by atoms with E-state index in [1.165, 1.54) is 0 Å². The highest BCUT2D eigenvalue weighted by atomic mass is 32.2. The molecule has 2 N–H and O–H groups in total. The number of hydrogen-bond donors (Lipinski definition) is 2. The number of aliphatic hydroxyl groups is 1. The summed E-state index contributed by atoms with van der Waals surface area (Å²) in [5, 5.41) is 9.19. The predicted molar refractivity (Wildman–Crippen MR) is 80.5 cm³/mol. The molecule has 21 heavy (non-hydrogen) atoms. The van der Waals surface area contributed by atoms with Gasteiger partial charge in [-0.05, 0) is 42.9 Å². The summed E-state index contributed by atoms with van der Waals surface area (Å²) in [7, 11) is -3.58. The summed E-state index contributed by atoms with van der Waals surface area (Å²) in [5.41, 5.74) is 1.35. The highest BCUT2D eigenvalue weighted by Crippen LogP contribution is 2.19. The van der Waals surface area contributed by atoms with E-state index in [0.29, 0.717) is 25.1 Å². The molecule has 118 valence electrons. The van der Waals surface area contributed by atoms with Crippen LogP contribution in [0.2, 0.25) is 0 Å². The molecule has 6 heteroatoms. The van der Waals surface area contributed by atoms with Gasteiger partial charge in [0.05, 0.1) is 17.6 Å². The lowest BCUT2D eigenvalue weighted by molar-refractivity contribution is 0.0200. The molecule has 0 spiro atoms. The molecule has 0 amide bonds. The molecule has 1 atom stereocenters. The van der Waals surface area contributed by atoms with Crippen molar-refractivity contribution < 1.29 is 18.3 Å². The van der Waals surface area contributed by atoms with Gasteiger partial charge in [-0.2, -0.15) is 0 Å². The van der Waals surface area contributed by atoms with E-state index in [1.54, 1.807) is 18.2 Å². The first-order valence-electron chi connectivity index (χ1n) is 7.40. The fraction of sp³-hybridized carbons (Fsp3) is 0.600. The smallest absolute Gasteiger partial charge is 0.240 e. The first-order valence-corrected chi connectivity index (χ1v) is 8.89. The van der Waals surface area contributed by atoms with Gasteiger partial charge in [-0.25, -0.2) is 13.1 Å². The van der Waals surface area contributed by atoms with E-state index in [2.05, 4.69) is 4.72 Å². The zero-order chi connectivity index (χ0) is 15.3. The second-order valence-corrected chi connectivity index (χ2v) is 7.03. The maximum atomic E-state index is 12.5. The predicted octanol–water partition coefficient (Wildman–Crippen LogP) is 1.59. The fourth-order valence-electron chi connectivity index (χ4n) is 2.49. The van der Waals surface area contributed by atoms with Gasteiger partial charge >= 0.3 is 0 Å².